The largest absolute Gasteiger partial charge is 0.459 e. The highest BCUT2D eigenvalue weighted by Crippen LogP contribution is 2.43. The Morgan fingerprint density at radius 2 is 1.05 bits per heavy atom. The summed E-state index contributed by atoms with van der Waals surface area (Å²) in [5.74, 6) is 2.08. The summed E-state index contributed by atoms with van der Waals surface area (Å²) in [6, 6.07) is 2.61. The van der Waals surface area contributed by atoms with Crippen molar-refractivity contribution in [3.8, 4) is 0 Å². The van der Waals surface area contributed by atoms with Gasteiger partial charge in [0.2, 0.25) is 0 Å². The lowest BCUT2D eigenvalue weighted by molar-refractivity contribution is -0.144. The van der Waals surface area contributed by atoms with Crippen molar-refractivity contribution in [2.45, 2.75) is 172 Å². The molecule has 0 radical (unpaired) electrons. The molecule has 38 heavy (non-hydrogen) atoms. The van der Waals surface area contributed by atoms with E-state index in [1.165, 1.54) is 141 Å². The lowest BCUT2D eigenvalue weighted by atomic mass is 9.71. The first kappa shape index (κ1) is 28.4. The smallest absolute Gasteiger partial charge is 0.330 e. The topological polar surface area (TPSA) is 29.5 Å². The van der Waals surface area contributed by atoms with E-state index in [0.717, 1.165) is 48.7 Å². The molecule has 0 amide bonds. The monoisotopic (exact) mass is 523 g/mol. The molecule has 0 spiro atoms. The van der Waals surface area contributed by atoms with Gasteiger partial charge in [-0.1, -0.05) is 76.0 Å². The van der Waals surface area contributed by atoms with Gasteiger partial charge in [0.1, 0.15) is 6.10 Å². The minimum atomic E-state index is -0.247. The Labute approximate surface area is 234 Å². The van der Waals surface area contributed by atoms with E-state index in [1.54, 1.807) is 0 Å². The van der Waals surface area contributed by atoms with Crippen molar-refractivity contribution in [3.05, 3.63) is 24.3 Å². The molecule has 5 saturated carbocycles. The molecule has 214 valence electrons. The molecule has 0 unspecified atom stereocenters. The quantitative estimate of drug-likeness (QED) is 0.180. The van der Waals surface area contributed by atoms with Crippen molar-refractivity contribution in [2.24, 2.45) is 17.8 Å². The Bertz CT molecular complexity index is 737. The number of hydrogen-bond donors (Lipinski definition) is 0. The molecular formula is C35H57NO2. The van der Waals surface area contributed by atoms with E-state index in [-0.39, 0.29) is 12.1 Å². The van der Waals surface area contributed by atoms with Crippen LogP contribution < -0.4 is 0 Å². The molecule has 0 aromatic rings. The van der Waals surface area contributed by atoms with Crippen LogP contribution in [0.2, 0.25) is 0 Å². The van der Waals surface area contributed by atoms with Gasteiger partial charge in [0.05, 0.1) is 0 Å². The van der Waals surface area contributed by atoms with Gasteiger partial charge in [-0.25, -0.2) is 4.79 Å². The maximum absolute atomic E-state index is 11.7. The van der Waals surface area contributed by atoms with Crippen molar-refractivity contribution in [2.75, 3.05) is 0 Å². The second kappa shape index (κ2) is 14.5. The van der Waals surface area contributed by atoms with E-state index in [0.29, 0.717) is 0 Å². The lowest BCUT2D eigenvalue weighted by Crippen LogP contribution is -2.51. The van der Waals surface area contributed by atoms with Crippen LogP contribution in [0.5, 0.6) is 0 Å². The van der Waals surface area contributed by atoms with Crippen LogP contribution >= 0.6 is 0 Å². The molecule has 5 aliphatic carbocycles. The zero-order valence-corrected chi connectivity index (χ0v) is 24.4. The molecule has 0 atom stereocenters. The van der Waals surface area contributed by atoms with Crippen LogP contribution in [-0.2, 0) is 9.53 Å². The fourth-order valence-corrected chi connectivity index (χ4v) is 9.26. The van der Waals surface area contributed by atoms with Crippen molar-refractivity contribution in [1.82, 2.24) is 4.90 Å². The van der Waals surface area contributed by atoms with Crippen molar-refractivity contribution < 1.29 is 9.53 Å². The molecule has 3 heteroatoms. The van der Waals surface area contributed by atoms with E-state index in [1.807, 2.05) is 5.57 Å². The van der Waals surface area contributed by atoms with Gasteiger partial charge in [0, 0.05) is 24.2 Å². The maximum Gasteiger partial charge on any atom is 0.330 e. The summed E-state index contributed by atoms with van der Waals surface area (Å²) < 4.78 is 5.62. The molecule has 3 nitrogen and oxygen atoms in total. The first-order valence-corrected chi connectivity index (χ1v) is 17.0. The summed E-state index contributed by atoms with van der Waals surface area (Å²) in [6.07, 6.45) is 36.1. The summed E-state index contributed by atoms with van der Waals surface area (Å²) >= 11 is 0. The summed E-state index contributed by atoms with van der Waals surface area (Å²) in [7, 11) is 0. The highest BCUT2D eigenvalue weighted by molar-refractivity contribution is 5.81. The summed E-state index contributed by atoms with van der Waals surface area (Å²) in [5.41, 5.74) is 1.83. The van der Waals surface area contributed by atoms with E-state index in [2.05, 4.69) is 17.6 Å². The predicted molar refractivity (Wildman–Crippen MR) is 158 cm³/mol. The van der Waals surface area contributed by atoms with E-state index in [4.69, 9.17) is 4.74 Å². The molecule has 0 N–H and O–H groups in total. The third-order valence-electron chi connectivity index (χ3n) is 11.3. The zero-order valence-electron chi connectivity index (χ0n) is 24.4. The SMILES string of the molecule is C=CC(=O)OC1CCC(C(=CC2CCC(N(C3CCCCC3)C3CCCCC3)CC2)C2CCCCC2)CC1. The molecule has 0 aromatic carbocycles. The number of hydrogen-bond acceptors (Lipinski definition) is 3. The standard InChI is InChI=1S/C35H57NO2/c1-2-35(37)38-33-24-20-29(21-25-33)34(28-12-6-3-7-13-28)26-27-18-22-32(23-19-27)36(30-14-8-4-9-15-30)31-16-10-5-11-17-31/h2,26-33H,1,3-25H2. The number of allylic oxidation sites excluding steroid dienone is 2. The highest BCUT2D eigenvalue weighted by Gasteiger charge is 2.36. The van der Waals surface area contributed by atoms with Gasteiger partial charge >= 0.3 is 5.97 Å². The summed E-state index contributed by atoms with van der Waals surface area (Å²) in [4.78, 5) is 14.9. The Morgan fingerprint density at radius 1 is 0.579 bits per heavy atom. The second-order valence-electron chi connectivity index (χ2n) is 13.7. The number of carbonyl (C=O) groups is 1. The highest BCUT2D eigenvalue weighted by atomic mass is 16.5. The lowest BCUT2D eigenvalue weighted by Gasteiger charge is -2.48. The third kappa shape index (κ3) is 7.55. The second-order valence-corrected chi connectivity index (χ2v) is 13.7. The summed E-state index contributed by atoms with van der Waals surface area (Å²) in [5, 5.41) is 0. The first-order valence-electron chi connectivity index (χ1n) is 17.0. The van der Waals surface area contributed by atoms with Crippen LogP contribution in [0.25, 0.3) is 0 Å². The fraction of sp³-hybridized carbons (Fsp3) is 0.857. The van der Waals surface area contributed by atoms with Crippen LogP contribution in [0.3, 0.4) is 0 Å². The molecule has 5 rings (SSSR count). The van der Waals surface area contributed by atoms with E-state index in [9.17, 15) is 4.79 Å². The molecular weight excluding hydrogens is 466 g/mol. The molecule has 0 bridgehead atoms. The number of esters is 1. The van der Waals surface area contributed by atoms with Gasteiger partial charge < -0.3 is 4.74 Å². The third-order valence-corrected chi connectivity index (χ3v) is 11.3. The van der Waals surface area contributed by atoms with E-state index < -0.39 is 0 Å². The van der Waals surface area contributed by atoms with Crippen LogP contribution in [0, 0.1) is 17.8 Å². The normalized spacial score (nSPS) is 33.2. The maximum atomic E-state index is 11.7. The van der Waals surface area contributed by atoms with Gasteiger partial charge in [-0.2, -0.15) is 0 Å². The van der Waals surface area contributed by atoms with Crippen molar-refractivity contribution in [1.29, 1.82) is 0 Å². The average Bonchev–Trinajstić information content (AvgIpc) is 2.99. The van der Waals surface area contributed by atoms with Crippen molar-refractivity contribution in [3.63, 3.8) is 0 Å². The molecule has 5 fully saturated rings. The molecule has 0 aliphatic heterocycles. The van der Waals surface area contributed by atoms with Crippen LogP contribution in [0.15, 0.2) is 24.3 Å². The molecule has 0 saturated heterocycles. The van der Waals surface area contributed by atoms with Crippen molar-refractivity contribution >= 4 is 5.97 Å². The summed E-state index contributed by atoms with van der Waals surface area (Å²) in [6.45, 7) is 3.58. The number of carbonyl (C=O) groups excluding carboxylic acids is 1. The Hall–Kier alpha value is -1.09. The first-order chi connectivity index (χ1) is 18.7. The molecule has 0 aromatic heterocycles. The molecule has 5 aliphatic rings. The zero-order chi connectivity index (χ0) is 26.2. The van der Waals surface area contributed by atoms with Gasteiger partial charge in [0.25, 0.3) is 0 Å². The molecule has 0 heterocycles. The Morgan fingerprint density at radius 3 is 1.58 bits per heavy atom. The van der Waals surface area contributed by atoms with Crippen LogP contribution in [0.1, 0.15) is 148 Å². The van der Waals surface area contributed by atoms with Gasteiger partial charge in [-0.3, -0.25) is 4.90 Å². The van der Waals surface area contributed by atoms with Gasteiger partial charge in [-0.05, 0) is 108 Å². The average molecular weight is 524 g/mol. The fourth-order valence-electron chi connectivity index (χ4n) is 9.26. The minimum Gasteiger partial charge on any atom is -0.459 e. The predicted octanol–water partition coefficient (Wildman–Crippen LogP) is 9.31. The van der Waals surface area contributed by atoms with Crippen LogP contribution in [-0.4, -0.2) is 35.1 Å². The number of nitrogens with zero attached hydrogens (tertiary/aromatic N) is 1. The van der Waals surface area contributed by atoms with Gasteiger partial charge in [-0.15, -0.1) is 0 Å². The minimum absolute atomic E-state index is 0.102. The van der Waals surface area contributed by atoms with Gasteiger partial charge in [0.15, 0.2) is 0 Å². The van der Waals surface area contributed by atoms with Crippen LogP contribution in [0.4, 0.5) is 0 Å². The number of ether oxygens (including phenoxy) is 1. The Kier molecular flexibility index (Phi) is 10.9. The van der Waals surface area contributed by atoms with E-state index >= 15 is 0 Å². The number of rotatable bonds is 8. The Balaban J connectivity index is 1.22.